The maximum atomic E-state index is 11.4. The summed E-state index contributed by atoms with van der Waals surface area (Å²) in [6.07, 6.45) is 4.71. The fourth-order valence-electron chi connectivity index (χ4n) is 3.10. The van der Waals surface area contributed by atoms with E-state index in [1.807, 2.05) is 0 Å². The summed E-state index contributed by atoms with van der Waals surface area (Å²) in [5.74, 6) is -0.580. The zero-order chi connectivity index (χ0) is 12.2. The molecule has 1 unspecified atom stereocenters. The second kappa shape index (κ2) is 5.67. The molecule has 3 nitrogen and oxygen atoms in total. The van der Waals surface area contributed by atoms with Gasteiger partial charge in [-0.2, -0.15) is 0 Å². The largest absolute Gasteiger partial charge is 0.481 e. The maximum Gasteiger partial charge on any atom is 0.309 e. The van der Waals surface area contributed by atoms with Crippen LogP contribution in [-0.2, 0) is 4.79 Å². The fraction of sp³-hybridized carbons (Fsp3) is 0.923. The van der Waals surface area contributed by atoms with Crippen LogP contribution in [0.4, 0.5) is 0 Å². The molecule has 16 heavy (non-hydrogen) atoms. The van der Waals surface area contributed by atoms with Crippen molar-refractivity contribution in [3.8, 4) is 0 Å². The molecule has 1 saturated carbocycles. The molecule has 1 N–H and O–H groups in total. The number of aliphatic carboxylic acids is 1. The van der Waals surface area contributed by atoms with Gasteiger partial charge in [0.05, 0.1) is 5.41 Å². The van der Waals surface area contributed by atoms with Gasteiger partial charge in [0.15, 0.2) is 0 Å². The monoisotopic (exact) mass is 227 g/mol. The highest BCUT2D eigenvalue weighted by Crippen LogP contribution is 2.42. The van der Waals surface area contributed by atoms with E-state index < -0.39 is 11.4 Å². The first kappa shape index (κ1) is 13.5. The van der Waals surface area contributed by atoms with Crippen LogP contribution in [0.5, 0.6) is 0 Å². The summed E-state index contributed by atoms with van der Waals surface area (Å²) in [4.78, 5) is 13.8. The normalized spacial score (nSPS) is 21.2. The Labute approximate surface area is 98.8 Å². The number of rotatable bonds is 6. The van der Waals surface area contributed by atoms with Gasteiger partial charge in [0.1, 0.15) is 0 Å². The fourth-order valence-corrected chi connectivity index (χ4v) is 3.10. The van der Waals surface area contributed by atoms with E-state index in [1.165, 1.54) is 0 Å². The van der Waals surface area contributed by atoms with E-state index in [1.54, 1.807) is 0 Å². The standard InChI is InChI=1S/C13H25NO2/c1-4-14(5-2)11(3)10-13(12(15)16)8-6-7-9-13/h11H,4-10H2,1-3H3,(H,15,16). The highest BCUT2D eigenvalue weighted by atomic mass is 16.4. The Morgan fingerprint density at radius 1 is 1.31 bits per heavy atom. The predicted octanol–water partition coefficient (Wildman–Crippen LogP) is 2.75. The Bertz CT molecular complexity index is 230. The van der Waals surface area contributed by atoms with Gasteiger partial charge >= 0.3 is 5.97 Å². The van der Waals surface area contributed by atoms with Gasteiger partial charge in [0, 0.05) is 6.04 Å². The van der Waals surface area contributed by atoms with Crippen LogP contribution in [0.3, 0.4) is 0 Å². The van der Waals surface area contributed by atoms with Crippen molar-refractivity contribution in [1.29, 1.82) is 0 Å². The first-order valence-corrected chi connectivity index (χ1v) is 6.53. The number of carbonyl (C=O) groups is 1. The van der Waals surface area contributed by atoms with Gasteiger partial charge in [-0.1, -0.05) is 26.7 Å². The minimum absolute atomic E-state index is 0.379. The van der Waals surface area contributed by atoms with Gasteiger partial charge in [-0.15, -0.1) is 0 Å². The molecule has 0 heterocycles. The topological polar surface area (TPSA) is 40.5 Å². The molecule has 1 atom stereocenters. The quantitative estimate of drug-likeness (QED) is 0.758. The summed E-state index contributed by atoms with van der Waals surface area (Å²) in [5.41, 5.74) is -0.429. The van der Waals surface area contributed by atoms with Crippen molar-refractivity contribution in [2.24, 2.45) is 5.41 Å². The summed E-state index contributed by atoms with van der Waals surface area (Å²) < 4.78 is 0. The van der Waals surface area contributed by atoms with Gasteiger partial charge in [-0.3, -0.25) is 4.79 Å². The molecule has 0 aromatic rings. The molecule has 0 radical (unpaired) electrons. The minimum Gasteiger partial charge on any atom is -0.481 e. The average Bonchev–Trinajstić information content (AvgIpc) is 2.69. The van der Waals surface area contributed by atoms with Crippen LogP contribution in [0.2, 0.25) is 0 Å². The van der Waals surface area contributed by atoms with E-state index in [-0.39, 0.29) is 0 Å². The van der Waals surface area contributed by atoms with E-state index in [2.05, 4.69) is 25.7 Å². The molecule has 1 fully saturated rings. The highest BCUT2D eigenvalue weighted by Gasteiger charge is 2.42. The lowest BCUT2D eigenvalue weighted by Crippen LogP contribution is -2.40. The van der Waals surface area contributed by atoms with Crippen molar-refractivity contribution >= 4 is 5.97 Å². The first-order valence-electron chi connectivity index (χ1n) is 6.53. The Hall–Kier alpha value is -0.570. The molecule has 1 aliphatic rings. The Kier molecular flexibility index (Phi) is 4.78. The van der Waals surface area contributed by atoms with Crippen molar-refractivity contribution < 1.29 is 9.90 Å². The second-order valence-electron chi connectivity index (χ2n) is 5.07. The third kappa shape index (κ3) is 2.76. The molecule has 94 valence electrons. The minimum atomic E-state index is -0.580. The number of carboxylic acid groups (broad SMARTS) is 1. The zero-order valence-electron chi connectivity index (χ0n) is 10.8. The van der Waals surface area contributed by atoms with Crippen LogP contribution in [0.1, 0.15) is 52.9 Å². The summed E-state index contributed by atoms with van der Waals surface area (Å²) in [5, 5.41) is 9.42. The van der Waals surface area contributed by atoms with Crippen molar-refractivity contribution in [2.45, 2.75) is 58.9 Å². The van der Waals surface area contributed by atoms with E-state index in [0.29, 0.717) is 6.04 Å². The van der Waals surface area contributed by atoms with E-state index in [0.717, 1.165) is 45.2 Å². The SMILES string of the molecule is CCN(CC)C(C)CC1(C(=O)O)CCCC1. The average molecular weight is 227 g/mol. The van der Waals surface area contributed by atoms with Crippen molar-refractivity contribution in [1.82, 2.24) is 4.90 Å². The van der Waals surface area contributed by atoms with Crippen LogP contribution in [-0.4, -0.2) is 35.1 Å². The summed E-state index contributed by atoms with van der Waals surface area (Å²) >= 11 is 0. The molecule has 0 bridgehead atoms. The first-order chi connectivity index (χ1) is 7.55. The van der Waals surface area contributed by atoms with Crippen LogP contribution < -0.4 is 0 Å². The number of hydrogen-bond donors (Lipinski definition) is 1. The van der Waals surface area contributed by atoms with E-state index >= 15 is 0 Å². The lowest BCUT2D eigenvalue weighted by atomic mass is 9.80. The lowest BCUT2D eigenvalue weighted by Gasteiger charge is -2.33. The Morgan fingerprint density at radius 2 is 1.81 bits per heavy atom. The van der Waals surface area contributed by atoms with Crippen molar-refractivity contribution in [3.05, 3.63) is 0 Å². The molecule has 0 aliphatic heterocycles. The molecule has 1 rings (SSSR count). The van der Waals surface area contributed by atoms with Crippen LogP contribution >= 0.6 is 0 Å². The highest BCUT2D eigenvalue weighted by molar-refractivity contribution is 5.75. The Balaban J connectivity index is 2.65. The number of nitrogens with zero attached hydrogens (tertiary/aromatic N) is 1. The van der Waals surface area contributed by atoms with Gasteiger partial charge < -0.3 is 10.0 Å². The second-order valence-corrected chi connectivity index (χ2v) is 5.07. The molecule has 1 aliphatic carbocycles. The van der Waals surface area contributed by atoms with Crippen molar-refractivity contribution in [2.75, 3.05) is 13.1 Å². The molecule has 0 saturated heterocycles. The summed E-state index contributed by atoms with van der Waals surface area (Å²) in [6.45, 7) is 8.46. The third-order valence-electron chi connectivity index (χ3n) is 4.14. The molecule has 0 aromatic heterocycles. The van der Waals surface area contributed by atoms with Gasteiger partial charge in [-0.05, 0) is 39.3 Å². The van der Waals surface area contributed by atoms with Crippen molar-refractivity contribution in [3.63, 3.8) is 0 Å². The third-order valence-corrected chi connectivity index (χ3v) is 4.14. The predicted molar refractivity (Wildman–Crippen MR) is 65.5 cm³/mol. The van der Waals surface area contributed by atoms with E-state index in [4.69, 9.17) is 0 Å². The van der Waals surface area contributed by atoms with Crippen LogP contribution in [0.15, 0.2) is 0 Å². The smallest absolute Gasteiger partial charge is 0.309 e. The van der Waals surface area contributed by atoms with Crippen LogP contribution in [0.25, 0.3) is 0 Å². The number of hydrogen-bond acceptors (Lipinski definition) is 2. The molecule has 0 spiro atoms. The molecule has 0 amide bonds. The summed E-state index contributed by atoms with van der Waals surface area (Å²) in [7, 11) is 0. The number of carboxylic acids is 1. The summed E-state index contributed by atoms with van der Waals surface area (Å²) in [6, 6.07) is 0.379. The Morgan fingerprint density at radius 3 is 2.19 bits per heavy atom. The van der Waals surface area contributed by atoms with Crippen LogP contribution in [0, 0.1) is 5.41 Å². The molecular weight excluding hydrogens is 202 g/mol. The molecular formula is C13H25NO2. The van der Waals surface area contributed by atoms with Gasteiger partial charge in [0.2, 0.25) is 0 Å². The maximum absolute atomic E-state index is 11.4. The zero-order valence-corrected chi connectivity index (χ0v) is 10.8. The lowest BCUT2D eigenvalue weighted by molar-refractivity contribution is -0.150. The van der Waals surface area contributed by atoms with Gasteiger partial charge in [0.25, 0.3) is 0 Å². The van der Waals surface area contributed by atoms with E-state index in [9.17, 15) is 9.90 Å². The van der Waals surface area contributed by atoms with Gasteiger partial charge in [-0.25, -0.2) is 0 Å². The molecule has 3 heteroatoms. The molecule has 0 aromatic carbocycles.